The fourth-order valence-electron chi connectivity index (χ4n) is 4.66. The molecule has 8 nitrogen and oxygen atoms in total. The van der Waals surface area contributed by atoms with Gasteiger partial charge in [0.15, 0.2) is 11.2 Å². The first kappa shape index (κ1) is 23.8. The van der Waals surface area contributed by atoms with Gasteiger partial charge in [-0.1, -0.05) is 60.7 Å². The summed E-state index contributed by atoms with van der Waals surface area (Å²) in [4.78, 5) is 18.1. The minimum absolute atomic E-state index is 0.0736. The van der Waals surface area contributed by atoms with Gasteiger partial charge in [0.05, 0.1) is 31.4 Å². The van der Waals surface area contributed by atoms with Crippen LogP contribution in [0.2, 0.25) is 0 Å². The molecule has 3 aromatic heterocycles. The van der Waals surface area contributed by atoms with Crippen LogP contribution in [-0.4, -0.2) is 20.4 Å². The molecule has 3 heterocycles. The van der Waals surface area contributed by atoms with Crippen LogP contribution in [-0.2, 0) is 0 Å². The predicted octanol–water partition coefficient (Wildman–Crippen LogP) is 7.11. The van der Waals surface area contributed by atoms with Crippen molar-refractivity contribution in [3.05, 3.63) is 101 Å². The number of ether oxygens (including phenoxy) is 2. The van der Waals surface area contributed by atoms with Crippen molar-refractivity contribution in [2.24, 2.45) is 4.99 Å². The van der Waals surface area contributed by atoms with Gasteiger partial charge in [0.25, 0.3) is 0 Å². The summed E-state index contributed by atoms with van der Waals surface area (Å²) in [5, 5.41) is 10.9. The minimum Gasteiger partial charge on any atom is -0.495 e. The van der Waals surface area contributed by atoms with Crippen molar-refractivity contribution in [2.45, 2.75) is 0 Å². The highest BCUT2D eigenvalue weighted by molar-refractivity contribution is 6.07. The average molecular weight is 517 g/mol. The molecule has 0 aliphatic rings. The lowest BCUT2D eigenvalue weighted by Gasteiger charge is -2.10. The van der Waals surface area contributed by atoms with E-state index in [9.17, 15) is 10.1 Å². The minimum atomic E-state index is -0.394. The number of aliphatic imine (C=N–C) groups is 1. The van der Waals surface area contributed by atoms with E-state index < -0.39 is 5.43 Å². The molecule has 0 saturated carbocycles. The quantitative estimate of drug-likeness (QED) is 0.217. The van der Waals surface area contributed by atoms with E-state index in [0.717, 1.165) is 11.1 Å². The van der Waals surface area contributed by atoms with Crippen LogP contribution in [0.25, 0.3) is 44.4 Å². The number of hydrogen-bond donors (Lipinski definition) is 0. The number of nitrogens with zero attached hydrogens (tertiary/aromatic N) is 2. The Morgan fingerprint density at radius 1 is 0.872 bits per heavy atom. The summed E-state index contributed by atoms with van der Waals surface area (Å²) in [6.07, 6.45) is 4.08. The van der Waals surface area contributed by atoms with E-state index in [1.807, 2.05) is 60.7 Å². The fraction of sp³-hybridized carbons (Fsp3) is 0.0645. The van der Waals surface area contributed by atoms with E-state index in [2.05, 4.69) is 11.1 Å². The maximum Gasteiger partial charge on any atom is 0.238 e. The third-order valence-electron chi connectivity index (χ3n) is 6.40. The Labute approximate surface area is 221 Å². The van der Waals surface area contributed by atoms with Gasteiger partial charge in [0.1, 0.15) is 34.8 Å². The first-order valence-electron chi connectivity index (χ1n) is 11.9. The lowest BCUT2D eigenvalue weighted by atomic mass is 9.98. The number of nitriles is 1. The monoisotopic (exact) mass is 516 g/mol. The van der Waals surface area contributed by atoms with Crippen LogP contribution in [0.4, 0.5) is 5.88 Å². The number of furan rings is 2. The van der Waals surface area contributed by atoms with Gasteiger partial charge in [0, 0.05) is 17.3 Å². The van der Waals surface area contributed by atoms with Crippen molar-refractivity contribution in [3.63, 3.8) is 0 Å². The van der Waals surface area contributed by atoms with Crippen LogP contribution in [0.3, 0.4) is 0 Å². The summed E-state index contributed by atoms with van der Waals surface area (Å²) in [5.41, 5.74) is 2.81. The molecule has 0 bridgehead atoms. The number of fused-ring (bicyclic) bond motifs is 2. The van der Waals surface area contributed by atoms with Crippen LogP contribution in [0.15, 0.2) is 102 Å². The second-order valence-corrected chi connectivity index (χ2v) is 8.54. The summed E-state index contributed by atoms with van der Waals surface area (Å²) in [5.74, 6) is 1.16. The Morgan fingerprint density at radius 2 is 1.56 bits per heavy atom. The molecule has 0 N–H and O–H groups in total. The third-order valence-corrected chi connectivity index (χ3v) is 6.40. The molecular formula is C31H20N2O6. The molecule has 0 radical (unpaired) electrons. The first-order valence-corrected chi connectivity index (χ1v) is 11.9. The highest BCUT2D eigenvalue weighted by Gasteiger charge is 2.25. The van der Waals surface area contributed by atoms with Gasteiger partial charge >= 0.3 is 0 Å². The molecule has 190 valence electrons. The maximum atomic E-state index is 13.6. The molecule has 3 aromatic carbocycles. The Hall–Kier alpha value is -5.55. The topological polar surface area (TPSA) is 111 Å². The van der Waals surface area contributed by atoms with Gasteiger partial charge in [-0.25, -0.2) is 4.99 Å². The van der Waals surface area contributed by atoms with Crippen LogP contribution in [0.5, 0.6) is 11.5 Å². The zero-order valence-electron chi connectivity index (χ0n) is 20.9. The molecular weight excluding hydrogens is 496 g/mol. The third kappa shape index (κ3) is 3.85. The molecule has 0 atom stereocenters. The van der Waals surface area contributed by atoms with Gasteiger partial charge < -0.3 is 22.7 Å². The molecule has 39 heavy (non-hydrogen) atoms. The van der Waals surface area contributed by atoms with Crippen LogP contribution in [0, 0.1) is 11.3 Å². The largest absolute Gasteiger partial charge is 0.495 e. The smallest absolute Gasteiger partial charge is 0.238 e. The normalized spacial score (nSPS) is 11.3. The van der Waals surface area contributed by atoms with E-state index in [1.54, 1.807) is 6.07 Å². The second-order valence-electron chi connectivity index (χ2n) is 8.54. The molecule has 0 amide bonds. The summed E-state index contributed by atoms with van der Waals surface area (Å²) < 4.78 is 28.6. The van der Waals surface area contributed by atoms with E-state index in [4.69, 9.17) is 22.7 Å². The zero-order valence-corrected chi connectivity index (χ0v) is 20.9. The fourth-order valence-corrected chi connectivity index (χ4v) is 4.66. The number of rotatable bonds is 6. The zero-order chi connectivity index (χ0) is 26.9. The van der Waals surface area contributed by atoms with Crippen molar-refractivity contribution in [2.75, 3.05) is 14.2 Å². The molecule has 6 rings (SSSR count). The Balaban J connectivity index is 1.54. The summed E-state index contributed by atoms with van der Waals surface area (Å²) in [7, 11) is 2.93. The Bertz CT molecular complexity index is 1960. The van der Waals surface area contributed by atoms with Crippen molar-refractivity contribution in [1.82, 2.24) is 0 Å². The molecule has 0 spiro atoms. The van der Waals surface area contributed by atoms with Crippen molar-refractivity contribution < 1.29 is 22.7 Å². The van der Waals surface area contributed by atoms with Crippen molar-refractivity contribution in [1.29, 1.82) is 5.26 Å². The van der Waals surface area contributed by atoms with Crippen molar-refractivity contribution in [3.8, 4) is 40.0 Å². The molecule has 6 aromatic rings. The van der Waals surface area contributed by atoms with Gasteiger partial charge in [0.2, 0.25) is 17.1 Å². The van der Waals surface area contributed by atoms with E-state index in [-0.39, 0.29) is 33.7 Å². The van der Waals surface area contributed by atoms with Gasteiger partial charge in [-0.05, 0) is 11.6 Å². The Morgan fingerprint density at radius 3 is 2.23 bits per heavy atom. The highest BCUT2D eigenvalue weighted by Crippen LogP contribution is 2.43. The average Bonchev–Trinajstić information content (AvgIpc) is 3.61. The van der Waals surface area contributed by atoms with Gasteiger partial charge in [-0.3, -0.25) is 4.79 Å². The standard InChI is InChI=1S/C31H20N2O6/c1-35-27-21-13-14-37-28(21)30(36-2)29-24(27)25(34)20(17-38-29)16-33-31-22(15-32)23(18-9-5-3-6-10-18)26(39-31)19-11-7-4-8-12-19/h3-14,16-17H,1-2H3/b33-16+. The van der Waals surface area contributed by atoms with Crippen LogP contribution < -0.4 is 14.9 Å². The van der Waals surface area contributed by atoms with E-state index >= 15 is 0 Å². The van der Waals surface area contributed by atoms with Crippen LogP contribution in [0.1, 0.15) is 11.1 Å². The maximum absolute atomic E-state index is 13.6. The lowest BCUT2D eigenvalue weighted by Crippen LogP contribution is -2.10. The molecule has 0 unspecified atom stereocenters. The van der Waals surface area contributed by atoms with Gasteiger partial charge in [-0.2, -0.15) is 5.26 Å². The number of methoxy groups -OCH3 is 2. The molecule has 0 saturated heterocycles. The Kier molecular flexibility index (Phi) is 5.94. The highest BCUT2D eigenvalue weighted by atomic mass is 16.5. The SMILES string of the molecule is COc1c2occc2c(OC)c2c(=O)c(/C=N/c3oc(-c4ccccc4)c(-c4ccccc4)c3C#N)coc12. The molecule has 0 aliphatic heterocycles. The lowest BCUT2D eigenvalue weighted by molar-refractivity contribution is 0.400. The molecule has 0 fully saturated rings. The second kappa shape index (κ2) is 9.72. The molecule has 0 aliphatic carbocycles. The molecule has 8 heteroatoms. The summed E-state index contributed by atoms with van der Waals surface area (Å²) in [6.45, 7) is 0. The number of benzene rings is 3. The van der Waals surface area contributed by atoms with Crippen molar-refractivity contribution >= 4 is 34.0 Å². The number of hydrogen-bond acceptors (Lipinski definition) is 8. The van der Waals surface area contributed by atoms with E-state index in [0.29, 0.717) is 28.0 Å². The van der Waals surface area contributed by atoms with Gasteiger partial charge in [-0.15, -0.1) is 0 Å². The summed E-state index contributed by atoms with van der Waals surface area (Å²) in [6, 6.07) is 22.9. The predicted molar refractivity (Wildman–Crippen MR) is 147 cm³/mol. The van der Waals surface area contributed by atoms with E-state index in [1.165, 1.54) is 33.0 Å². The summed E-state index contributed by atoms with van der Waals surface area (Å²) >= 11 is 0. The van der Waals surface area contributed by atoms with Crippen LogP contribution >= 0.6 is 0 Å². The first-order chi connectivity index (χ1) is 19.2.